The fourth-order valence-corrected chi connectivity index (χ4v) is 2.92. The van der Waals surface area contributed by atoms with Crippen LogP contribution in [0.15, 0.2) is 48.5 Å². The third-order valence-corrected chi connectivity index (χ3v) is 4.53. The number of hydrogen-bond acceptors (Lipinski definition) is 4. The summed E-state index contributed by atoms with van der Waals surface area (Å²) in [5.74, 6) is -0.595. The molecule has 26 heavy (non-hydrogen) atoms. The van der Waals surface area contributed by atoms with Crippen LogP contribution in [0.5, 0.6) is 0 Å². The molecule has 2 aromatic carbocycles. The molecule has 1 fully saturated rings. The quantitative estimate of drug-likeness (QED) is 0.605. The minimum absolute atomic E-state index is 0.135. The molecule has 1 N–H and O–H groups in total. The summed E-state index contributed by atoms with van der Waals surface area (Å²) in [6.45, 7) is 2.31. The van der Waals surface area contributed by atoms with Crippen molar-refractivity contribution in [2.24, 2.45) is 0 Å². The number of nitro benzene ring substituents is 1. The van der Waals surface area contributed by atoms with Crippen LogP contribution in [0.1, 0.15) is 25.3 Å². The van der Waals surface area contributed by atoms with Gasteiger partial charge < -0.3 is 5.32 Å². The molecule has 0 bridgehead atoms. The van der Waals surface area contributed by atoms with Crippen LogP contribution in [0.25, 0.3) is 0 Å². The lowest BCUT2D eigenvalue weighted by Gasteiger charge is -2.28. The summed E-state index contributed by atoms with van der Waals surface area (Å²) in [6.07, 6.45) is 2.01. The smallest absolute Gasteiger partial charge is 0.292 e. The van der Waals surface area contributed by atoms with Gasteiger partial charge in [0.15, 0.2) is 0 Å². The maximum Gasteiger partial charge on any atom is 0.292 e. The molecule has 6 nitrogen and oxygen atoms in total. The molecule has 1 saturated carbocycles. The van der Waals surface area contributed by atoms with E-state index in [1.54, 1.807) is 31.2 Å². The number of benzene rings is 2. The Balaban J connectivity index is 1.73. The molecule has 0 radical (unpaired) electrons. The van der Waals surface area contributed by atoms with Gasteiger partial charge in [0.05, 0.1) is 11.0 Å². The van der Waals surface area contributed by atoms with Crippen molar-refractivity contribution in [2.75, 3.05) is 5.32 Å². The van der Waals surface area contributed by atoms with E-state index in [1.165, 1.54) is 24.3 Å². The van der Waals surface area contributed by atoms with Gasteiger partial charge >= 0.3 is 0 Å². The molecule has 0 unspecified atom stereocenters. The molecule has 3 rings (SSSR count). The minimum atomic E-state index is -0.516. The molecule has 1 aliphatic carbocycles. The Bertz CT molecular complexity index is 806. The molecule has 0 aromatic heterocycles. The first-order valence-electron chi connectivity index (χ1n) is 8.50. The van der Waals surface area contributed by atoms with Crippen molar-refractivity contribution in [1.29, 1.82) is 0 Å². The summed E-state index contributed by atoms with van der Waals surface area (Å²) in [7, 11) is 0. The Morgan fingerprint density at radius 3 is 2.54 bits per heavy atom. The zero-order chi connectivity index (χ0) is 18.7. The number of nitro groups is 1. The van der Waals surface area contributed by atoms with Crippen LogP contribution in [0.3, 0.4) is 0 Å². The molecule has 1 amide bonds. The summed E-state index contributed by atoms with van der Waals surface area (Å²) >= 11 is 0. The van der Waals surface area contributed by atoms with Gasteiger partial charge in [0.1, 0.15) is 11.5 Å². The summed E-state index contributed by atoms with van der Waals surface area (Å²) in [5, 5.41) is 13.8. The van der Waals surface area contributed by atoms with E-state index in [-0.39, 0.29) is 23.1 Å². The first kappa shape index (κ1) is 18.0. The Kier molecular flexibility index (Phi) is 5.27. The number of halogens is 1. The third kappa shape index (κ3) is 4.23. The molecule has 0 spiro atoms. The summed E-state index contributed by atoms with van der Waals surface area (Å²) in [6, 6.07) is 12.1. The van der Waals surface area contributed by atoms with Crippen molar-refractivity contribution < 1.29 is 14.1 Å². The number of nitrogens with one attached hydrogen (secondary N) is 1. The normalized spacial score (nSPS) is 14.9. The van der Waals surface area contributed by atoms with E-state index in [0.29, 0.717) is 12.6 Å². The fraction of sp³-hybridized carbons (Fsp3) is 0.316. The van der Waals surface area contributed by atoms with Crippen LogP contribution in [-0.4, -0.2) is 27.8 Å². The van der Waals surface area contributed by atoms with Crippen molar-refractivity contribution in [1.82, 2.24) is 4.90 Å². The topological polar surface area (TPSA) is 75.5 Å². The van der Waals surface area contributed by atoms with E-state index in [1.807, 2.05) is 0 Å². The van der Waals surface area contributed by atoms with Gasteiger partial charge in [-0.25, -0.2) is 4.39 Å². The van der Waals surface area contributed by atoms with Crippen molar-refractivity contribution >= 4 is 17.3 Å². The second kappa shape index (κ2) is 7.61. The van der Waals surface area contributed by atoms with Gasteiger partial charge in [0.25, 0.3) is 5.69 Å². The molecule has 1 atom stereocenters. The number of rotatable bonds is 7. The summed E-state index contributed by atoms with van der Waals surface area (Å²) in [5.41, 5.74) is 0.972. The van der Waals surface area contributed by atoms with Crippen LogP contribution in [-0.2, 0) is 11.3 Å². The zero-order valence-corrected chi connectivity index (χ0v) is 14.4. The number of anilines is 1. The lowest BCUT2D eigenvalue weighted by Crippen LogP contribution is -2.43. The van der Waals surface area contributed by atoms with Gasteiger partial charge in [0.2, 0.25) is 5.91 Å². The average Bonchev–Trinajstić information content (AvgIpc) is 3.46. The van der Waals surface area contributed by atoms with Crippen LogP contribution >= 0.6 is 0 Å². The van der Waals surface area contributed by atoms with Gasteiger partial charge in [-0.05, 0) is 43.5 Å². The number of nitrogens with zero attached hydrogens (tertiary/aromatic N) is 2. The fourth-order valence-electron chi connectivity index (χ4n) is 2.92. The highest BCUT2D eigenvalue weighted by atomic mass is 19.1. The van der Waals surface area contributed by atoms with Crippen molar-refractivity contribution in [3.63, 3.8) is 0 Å². The Morgan fingerprint density at radius 1 is 1.27 bits per heavy atom. The molecule has 1 aliphatic rings. The number of hydrogen-bond donors (Lipinski definition) is 1. The average molecular weight is 357 g/mol. The zero-order valence-electron chi connectivity index (χ0n) is 14.4. The molecule has 136 valence electrons. The molecular weight excluding hydrogens is 337 g/mol. The SMILES string of the molecule is C[C@H](C(=O)Nc1ccccc1[N+](=O)[O-])N(Cc1ccc(F)cc1)C1CC1. The monoisotopic (exact) mass is 357 g/mol. The molecule has 2 aromatic rings. The first-order valence-corrected chi connectivity index (χ1v) is 8.50. The Morgan fingerprint density at radius 2 is 1.92 bits per heavy atom. The highest BCUT2D eigenvalue weighted by Crippen LogP contribution is 2.31. The van der Waals surface area contributed by atoms with E-state index >= 15 is 0 Å². The molecular formula is C19H20FN3O3. The predicted molar refractivity (Wildman–Crippen MR) is 96.2 cm³/mol. The van der Waals surface area contributed by atoms with Crippen molar-refractivity contribution in [3.8, 4) is 0 Å². The number of amides is 1. The minimum Gasteiger partial charge on any atom is -0.319 e. The molecule has 0 aliphatic heterocycles. The molecule has 0 saturated heterocycles. The maximum absolute atomic E-state index is 13.1. The van der Waals surface area contributed by atoms with E-state index in [9.17, 15) is 19.3 Å². The largest absolute Gasteiger partial charge is 0.319 e. The predicted octanol–water partition coefficient (Wildman–Crippen LogP) is 3.73. The Hall–Kier alpha value is -2.80. The first-order chi connectivity index (χ1) is 12.5. The third-order valence-electron chi connectivity index (χ3n) is 4.53. The summed E-state index contributed by atoms with van der Waals surface area (Å²) < 4.78 is 13.1. The second-order valence-corrected chi connectivity index (χ2v) is 6.47. The van der Waals surface area contributed by atoms with Gasteiger partial charge in [-0.1, -0.05) is 24.3 Å². The van der Waals surface area contributed by atoms with Crippen LogP contribution in [0.2, 0.25) is 0 Å². The van der Waals surface area contributed by atoms with E-state index in [2.05, 4.69) is 10.2 Å². The van der Waals surface area contributed by atoms with Crippen LogP contribution < -0.4 is 5.32 Å². The molecule has 7 heteroatoms. The highest BCUT2D eigenvalue weighted by molar-refractivity contribution is 5.96. The van der Waals surface area contributed by atoms with E-state index < -0.39 is 11.0 Å². The van der Waals surface area contributed by atoms with Gasteiger partial charge in [-0.15, -0.1) is 0 Å². The lowest BCUT2D eigenvalue weighted by atomic mass is 10.1. The van der Waals surface area contributed by atoms with E-state index in [0.717, 1.165) is 18.4 Å². The molecule has 0 heterocycles. The maximum atomic E-state index is 13.1. The van der Waals surface area contributed by atoms with Crippen LogP contribution in [0.4, 0.5) is 15.8 Å². The summed E-state index contributed by atoms with van der Waals surface area (Å²) in [4.78, 5) is 25.3. The lowest BCUT2D eigenvalue weighted by molar-refractivity contribution is -0.383. The van der Waals surface area contributed by atoms with Crippen molar-refractivity contribution in [3.05, 3.63) is 70.0 Å². The van der Waals surface area contributed by atoms with Crippen molar-refractivity contribution in [2.45, 2.75) is 38.4 Å². The number of carbonyl (C=O) groups excluding carboxylic acids is 1. The van der Waals surface area contributed by atoms with E-state index in [4.69, 9.17) is 0 Å². The standard InChI is InChI=1S/C19H20FN3O3/c1-13(19(24)21-17-4-2-3-5-18(17)23(25)26)22(16-10-11-16)12-14-6-8-15(20)9-7-14/h2-9,13,16H,10-12H2,1H3,(H,21,24)/t13-/m1/s1. The van der Waals surface area contributed by atoms with Gasteiger partial charge in [0, 0.05) is 18.7 Å². The highest BCUT2D eigenvalue weighted by Gasteiger charge is 2.35. The number of para-hydroxylation sites is 2. The van der Waals surface area contributed by atoms with Gasteiger partial charge in [-0.3, -0.25) is 19.8 Å². The second-order valence-electron chi connectivity index (χ2n) is 6.47. The Labute approximate surface area is 150 Å². The van der Waals surface area contributed by atoms with Gasteiger partial charge in [-0.2, -0.15) is 0 Å². The van der Waals surface area contributed by atoms with Crippen LogP contribution in [0, 0.1) is 15.9 Å². The number of carbonyl (C=O) groups is 1.